The molecule has 1 nitrogen and oxygen atoms in total. The first-order valence-corrected chi connectivity index (χ1v) is 8.61. The van der Waals surface area contributed by atoms with Crippen molar-refractivity contribution in [3.8, 4) is 0 Å². The summed E-state index contributed by atoms with van der Waals surface area (Å²) in [5, 5.41) is 3.79. The van der Waals surface area contributed by atoms with Gasteiger partial charge < -0.3 is 5.32 Å². The second-order valence-corrected chi connectivity index (χ2v) is 8.27. The Kier molecular flexibility index (Phi) is 5.14. The van der Waals surface area contributed by atoms with Gasteiger partial charge in [-0.05, 0) is 70.4 Å². The van der Waals surface area contributed by atoms with E-state index >= 15 is 0 Å². The lowest BCUT2D eigenvalue weighted by molar-refractivity contribution is 0.165. The molecule has 1 fully saturated rings. The van der Waals surface area contributed by atoms with Crippen molar-refractivity contribution in [2.45, 2.75) is 78.7 Å². The molecule has 1 N–H and O–H groups in total. The summed E-state index contributed by atoms with van der Waals surface area (Å²) < 4.78 is 0. The lowest BCUT2D eigenvalue weighted by atomic mass is 9.69. The van der Waals surface area contributed by atoms with Crippen molar-refractivity contribution in [2.24, 2.45) is 5.41 Å². The fraction of sp³-hybridized carbons (Fsp3) is 0.700. The molecule has 0 aromatic heterocycles. The molecule has 0 heterocycles. The Morgan fingerprint density at radius 3 is 2.33 bits per heavy atom. The Hall–Kier alpha value is -0.820. The molecular weight excluding hydrogens is 254 g/mol. The van der Waals surface area contributed by atoms with Crippen LogP contribution in [-0.4, -0.2) is 12.1 Å². The van der Waals surface area contributed by atoms with Gasteiger partial charge in [0, 0.05) is 12.1 Å². The van der Waals surface area contributed by atoms with E-state index in [1.807, 2.05) is 0 Å². The first-order chi connectivity index (χ1) is 9.80. The van der Waals surface area contributed by atoms with Crippen LogP contribution in [0.3, 0.4) is 0 Å². The Balaban J connectivity index is 2.17. The van der Waals surface area contributed by atoms with E-state index in [1.54, 1.807) is 5.56 Å². The summed E-state index contributed by atoms with van der Waals surface area (Å²) in [6.45, 7) is 12.5. The molecule has 1 aromatic carbocycles. The first kappa shape index (κ1) is 16.5. The molecular formula is C20H33N. The highest BCUT2D eigenvalue weighted by Gasteiger charge is 2.33. The van der Waals surface area contributed by atoms with Gasteiger partial charge in [-0.1, -0.05) is 43.0 Å². The van der Waals surface area contributed by atoms with E-state index in [9.17, 15) is 0 Å². The van der Waals surface area contributed by atoms with Crippen LogP contribution in [0.4, 0.5) is 0 Å². The summed E-state index contributed by atoms with van der Waals surface area (Å²) in [5.74, 6) is 0. The SMILES string of the molecule is Cc1ccc(C)c(CC2(CNC(C)(C)C)CCCCC2)c1. The van der Waals surface area contributed by atoms with Gasteiger partial charge >= 0.3 is 0 Å². The van der Waals surface area contributed by atoms with Crippen LogP contribution in [0.25, 0.3) is 0 Å². The summed E-state index contributed by atoms with van der Waals surface area (Å²) in [6, 6.07) is 6.93. The zero-order valence-corrected chi connectivity index (χ0v) is 14.7. The number of rotatable bonds is 4. The Labute approximate surface area is 131 Å². The van der Waals surface area contributed by atoms with Gasteiger partial charge in [0.1, 0.15) is 0 Å². The van der Waals surface area contributed by atoms with Gasteiger partial charge in [-0.2, -0.15) is 0 Å². The van der Waals surface area contributed by atoms with Crippen molar-refractivity contribution in [3.05, 3.63) is 34.9 Å². The van der Waals surface area contributed by atoms with E-state index in [2.05, 4.69) is 58.1 Å². The highest BCUT2D eigenvalue weighted by molar-refractivity contribution is 5.31. The zero-order chi connectivity index (χ0) is 15.5. The highest BCUT2D eigenvalue weighted by Crippen LogP contribution is 2.39. The lowest BCUT2D eigenvalue weighted by Gasteiger charge is -2.40. The quantitative estimate of drug-likeness (QED) is 0.804. The lowest BCUT2D eigenvalue weighted by Crippen LogP contribution is -2.45. The van der Waals surface area contributed by atoms with Crippen molar-refractivity contribution in [1.29, 1.82) is 0 Å². The molecule has 1 aromatic rings. The van der Waals surface area contributed by atoms with E-state index in [0.29, 0.717) is 5.41 Å². The maximum atomic E-state index is 3.79. The molecule has 0 unspecified atom stereocenters. The van der Waals surface area contributed by atoms with Crippen LogP contribution in [0, 0.1) is 19.3 Å². The Bertz CT molecular complexity index is 461. The number of benzene rings is 1. The molecule has 0 saturated heterocycles. The maximum absolute atomic E-state index is 3.79. The molecule has 0 radical (unpaired) electrons. The molecule has 118 valence electrons. The van der Waals surface area contributed by atoms with Crippen molar-refractivity contribution in [3.63, 3.8) is 0 Å². The van der Waals surface area contributed by atoms with Gasteiger partial charge in [-0.3, -0.25) is 0 Å². The minimum atomic E-state index is 0.214. The Morgan fingerprint density at radius 2 is 1.71 bits per heavy atom. The molecule has 0 aliphatic heterocycles. The number of hydrogen-bond donors (Lipinski definition) is 1. The predicted octanol–water partition coefficient (Wildman–Crippen LogP) is 5.18. The summed E-state index contributed by atoms with van der Waals surface area (Å²) in [6.07, 6.45) is 8.22. The van der Waals surface area contributed by atoms with Crippen LogP contribution in [0.1, 0.15) is 69.6 Å². The van der Waals surface area contributed by atoms with Crippen molar-refractivity contribution >= 4 is 0 Å². The summed E-state index contributed by atoms with van der Waals surface area (Å²) in [5.41, 5.74) is 5.09. The summed E-state index contributed by atoms with van der Waals surface area (Å²) in [7, 11) is 0. The molecule has 0 amide bonds. The van der Waals surface area contributed by atoms with Crippen LogP contribution in [0.2, 0.25) is 0 Å². The fourth-order valence-electron chi connectivity index (χ4n) is 3.57. The van der Waals surface area contributed by atoms with Gasteiger partial charge in [0.15, 0.2) is 0 Å². The average molecular weight is 287 g/mol. The molecule has 1 aliphatic carbocycles. The Morgan fingerprint density at radius 1 is 1.05 bits per heavy atom. The van der Waals surface area contributed by atoms with E-state index in [0.717, 1.165) is 6.54 Å². The van der Waals surface area contributed by atoms with Gasteiger partial charge in [0.05, 0.1) is 0 Å². The molecule has 21 heavy (non-hydrogen) atoms. The third kappa shape index (κ3) is 4.85. The van der Waals surface area contributed by atoms with Gasteiger partial charge in [0.25, 0.3) is 0 Å². The predicted molar refractivity (Wildman–Crippen MR) is 92.9 cm³/mol. The monoisotopic (exact) mass is 287 g/mol. The third-order valence-electron chi connectivity index (χ3n) is 4.98. The van der Waals surface area contributed by atoms with E-state index in [1.165, 1.54) is 49.7 Å². The third-order valence-corrected chi connectivity index (χ3v) is 4.98. The van der Waals surface area contributed by atoms with Crippen LogP contribution in [0.5, 0.6) is 0 Å². The number of hydrogen-bond acceptors (Lipinski definition) is 1. The van der Waals surface area contributed by atoms with Crippen molar-refractivity contribution < 1.29 is 0 Å². The number of aryl methyl sites for hydroxylation is 2. The molecule has 1 saturated carbocycles. The number of nitrogens with one attached hydrogen (secondary N) is 1. The van der Waals surface area contributed by atoms with Crippen LogP contribution < -0.4 is 5.32 Å². The largest absolute Gasteiger partial charge is 0.312 e. The van der Waals surface area contributed by atoms with Gasteiger partial charge in [-0.15, -0.1) is 0 Å². The second kappa shape index (κ2) is 6.52. The van der Waals surface area contributed by atoms with Crippen molar-refractivity contribution in [2.75, 3.05) is 6.54 Å². The molecule has 0 spiro atoms. The topological polar surface area (TPSA) is 12.0 Å². The standard InChI is InChI=1S/C20H33N/c1-16-9-10-17(2)18(13-16)14-20(11-7-6-8-12-20)15-21-19(3,4)5/h9-10,13,21H,6-8,11-12,14-15H2,1-5H3. The van der Waals surface area contributed by atoms with Crippen molar-refractivity contribution in [1.82, 2.24) is 5.32 Å². The van der Waals surface area contributed by atoms with E-state index in [-0.39, 0.29) is 5.54 Å². The molecule has 0 bridgehead atoms. The normalized spacial score (nSPS) is 18.7. The zero-order valence-electron chi connectivity index (χ0n) is 14.7. The average Bonchev–Trinajstić information content (AvgIpc) is 2.41. The highest BCUT2D eigenvalue weighted by atomic mass is 15.0. The fourth-order valence-corrected chi connectivity index (χ4v) is 3.57. The smallest absolute Gasteiger partial charge is 0.00967 e. The van der Waals surface area contributed by atoms with Gasteiger partial charge in [-0.25, -0.2) is 0 Å². The summed E-state index contributed by atoms with van der Waals surface area (Å²) >= 11 is 0. The minimum Gasteiger partial charge on any atom is -0.312 e. The summed E-state index contributed by atoms with van der Waals surface area (Å²) in [4.78, 5) is 0. The van der Waals surface area contributed by atoms with E-state index in [4.69, 9.17) is 0 Å². The van der Waals surface area contributed by atoms with E-state index < -0.39 is 0 Å². The van der Waals surface area contributed by atoms with Crippen LogP contribution in [0.15, 0.2) is 18.2 Å². The first-order valence-electron chi connectivity index (χ1n) is 8.61. The molecule has 2 rings (SSSR count). The van der Waals surface area contributed by atoms with Crippen LogP contribution in [-0.2, 0) is 6.42 Å². The molecule has 0 atom stereocenters. The molecule has 1 aliphatic rings. The minimum absolute atomic E-state index is 0.214. The molecule has 1 heteroatoms. The van der Waals surface area contributed by atoms with Gasteiger partial charge in [0.2, 0.25) is 0 Å². The van der Waals surface area contributed by atoms with Crippen LogP contribution >= 0.6 is 0 Å². The maximum Gasteiger partial charge on any atom is 0.00967 e. The second-order valence-electron chi connectivity index (χ2n) is 8.27.